The van der Waals surface area contributed by atoms with E-state index in [0.29, 0.717) is 0 Å². The Labute approximate surface area is 147 Å². The first-order valence-electron chi connectivity index (χ1n) is 5.99. The van der Waals surface area contributed by atoms with Crippen molar-refractivity contribution in [2.24, 2.45) is 5.16 Å². The van der Waals surface area contributed by atoms with Crippen LogP contribution in [-0.4, -0.2) is 5.21 Å². The minimum absolute atomic E-state index is 0.0451. The highest BCUT2D eigenvalue weighted by molar-refractivity contribution is 6.55. The zero-order valence-electron chi connectivity index (χ0n) is 10.9. The molecule has 1 aromatic carbocycles. The molecule has 2 aliphatic carbocycles. The maximum Gasteiger partial charge on any atom is 0.196 e. The second-order valence-corrected chi connectivity index (χ2v) is 6.19. The largest absolute Gasteiger partial charge is 0.410 e. The van der Waals surface area contributed by atoms with E-state index in [9.17, 15) is 9.59 Å². The highest BCUT2D eigenvalue weighted by Crippen LogP contribution is 2.41. The summed E-state index contributed by atoms with van der Waals surface area (Å²) < 4.78 is 0. The molecule has 0 aromatic heterocycles. The summed E-state index contributed by atoms with van der Waals surface area (Å²) in [5, 5.41) is 18.2. The summed E-state index contributed by atoms with van der Waals surface area (Å²) in [4.78, 5) is 25.4. The van der Waals surface area contributed by atoms with Crippen LogP contribution in [0.5, 0.6) is 0 Å². The van der Waals surface area contributed by atoms with Crippen molar-refractivity contribution in [1.82, 2.24) is 0 Å². The molecule has 0 saturated carbocycles. The topological polar surface area (TPSA) is 90.6 Å². The lowest BCUT2D eigenvalue weighted by molar-refractivity contribution is 0.301. The van der Waals surface area contributed by atoms with E-state index < -0.39 is 10.9 Å². The molecule has 2 N–H and O–H groups in total. The Bertz CT molecular complexity index is 1180. The molecule has 23 heavy (non-hydrogen) atoms. The first kappa shape index (κ1) is 16.2. The molecule has 0 amide bonds. The molecule has 0 fully saturated rings. The van der Waals surface area contributed by atoms with Crippen LogP contribution in [-0.2, 0) is 0 Å². The van der Waals surface area contributed by atoms with Crippen molar-refractivity contribution >= 4 is 57.2 Å². The van der Waals surface area contributed by atoms with Gasteiger partial charge in [-0.1, -0.05) is 51.6 Å². The van der Waals surface area contributed by atoms with Crippen molar-refractivity contribution in [1.29, 1.82) is 5.41 Å². The van der Waals surface area contributed by atoms with Gasteiger partial charge in [0.15, 0.2) is 10.9 Å². The van der Waals surface area contributed by atoms with Gasteiger partial charge in [-0.25, -0.2) is 0 Å². The van der Waals surface area contributed by atoms with Crippen molar-refractivity contribution in [2.75, 3.05) is 0 Å². The van der Waals surface area contributed by atoms with E-state index in [-0.39, 0.29) is 52.7 Å². The number of hydrogen-bond acceptors (Lipinski definition) is 5. The maximum absolute atomic E-state index is 12.7. The van der Waals surface area contributed by atoms with Gasteiger partial charge in [-0.15, -0.1) is 0 Å². The molecule has 0 saturated heterocycles. The van der Waals surface area contributed by atoms with E-state index in [1.54, 1.807) is 0 Å². The third-order valence-electron chi connectivity index (χ3n) is 3.45. The average molecular weight is 390 g/mol. The van der Waals surface area contributed by atoms with Crippen molar-refractivity contribution in [2.45, 2.75) is 0 Å². The van der Waals surface area contributed by atoms with E-state index >= 15 is 0 Å². The molecular weight excluding hydrogens is 386 g/mol. The summed E-state index contributed by atoms with van der Waals surface area (Å²) in [6.07, 6.45) is 0. The van der Waals surface area contributed by atoms with Gasteiger partial charge in [0.25, 0.3) is 0 Å². The van der Waals surface area contributed by atoms with Crippen LogP contribution < -0.4 is 21.6 Å². The fourth-order valence-corrected chi connectivity index (χ4v) is 3.40. The molecule has 0 spiro atoms. The summed E-state index contributed by atoms with van der Waals surface area (Å²) in [5.74, 6) is 0. The molecule has 1 aromatic rings. The second kappa shape index (κ2) is 5.46. The minimum atomic E-state index is -0.620. The summed E-state index contributed by atoms with van der Waals surface area (Å²) in [7, 11) is 0. The predicted molar refractivity (Wildman–Crippen MR) is 88.7 cm³/mol. The van der Waals surface area contributed by atoms with Gasteiger partial charge < -0.3 is 5.21 Å². The van der Waals surface area contributed by atoms with Crippen LogP contribution >= 0.6 is 46.4 Å². The van der Waals surface area contributed by atoms with E-state index in [1.165, 1.54) is 0 Å². The normalized spacial score (nSPS) is 12.4. The number of halogens is 4. The predicted octanol–water partition coefficient (Wildman–Crippen LogP) is 2.92. The fourth-order valence-electron chi connectivity index (χ4n) is 2.37. The molecule has 0 atom stereocenters. The quantitative estimate of drug-likeness (QED) is 0.203. The van der Waals surface area contributed by atoms with Crippen LogP contribution in [0.4, 0.5) is 0 Å². The van der Waals surface area contributed by atoms with Crippen molar-refractivity contribution < 1.29 is 5.21 Å². The van der Waals surface area contributed by atoms with Gasteiger partial charge in [-0.2, -0.15) is 0 Å². The number of nitrogens with one attached hydrogen (secondary N) is 1. The molecule has 0 radical (unpaired) electrons. The molecule has 116 valence electrons. The van der Waals surface area contributed by atoms with Crippen molar-refractivity contribution in [3.63, 3.8) is 0 Å². The summed E-state index contributed by atoms with van der Waals surface area (Å²) in [6.45, 7) is 0. The first-order valence-corrected chi connectivity index (χ1v) is 7.50. The van der Waals surface area contributed by atoms with E-state index in [0.717, 1.165) is 12.1 Å². The van der Waals surface area contributed by atoms with Gasteiger partial charge in [0.2, 0.25) is 0 Å². The Morgan fingerprint density at radius 2 is 1.26 bits per heavy atom. The van der Waals surface area contributed by atoms with Gasteiger partial charge in [0, 0.05) is 11.1 Å². The summed E-state index contributed by atoms with van der Waals surface area (Å²) in [5.41, 5.74) is -1.33. The zero-order valence-corrected chi connectivity index (χ0v) is 13.9. The number of benzene rings is 3. The van der Waals surface area contributed by atoms with Gasteiger partial charge in [0.05, 0.1) is 36.2 Å². The lowest BCUT2D eigenvalue weighted by Crippen LogP contribution is -2.30. The molecule has 2 aliphatic rings. The van der Waals surface area contributed by atoms with E-state index in [4.69, 9.17) is 57.0 Å². The van der Waals surface area contributed by atoms with Crippen LogP contribution in [0.25, 0.3) is 21.9 Å². The SMILES string of the molecule is N=c1cc2c(=O)c3c(Cl)c(Cl)c(Cl)c(Cl)c3c(=O)c-2cc1=NO. The molecule has 5 nitrogen and oxygen atoms in total. The molecule has 0 bridgehead atoms. The highest BCUT2D eigenvalue weighted by atomic mass is 35.5. The number of fused-ring (bicyclic) bond motifs is 2. The Kier molecular flexibility index (Phi) is 3.84. The van der Waals surface area contributed by atoms with Crippen LogP contribution in [0.15, 0.2) is 26.9 Å². The van der Waals surface area contributed by atoms with Gasteiger partial charge in [-0.05, 0) is 12.1 Å². The third kappa shape index (κ3) is 2.16. The molecule has 0 unspecified atom stereocenters. The van der Waals surface area contributed by atoms with Crippen LogP contribution in [0, 0.1) is 5.41 Å². The van der Waals surface area contributed by atoms with Crippen LogP contribution in [0.2, 0.25) is 20.1 Å². The Morgan fingerprint density at radius 3 is 1.70 bits per heavy atom. The first-order chi connectivity index (χ1) is 10.8. The summed E-state index contributed by atoms with van der Waals surface area (Å²) >= 11 is 24.0. The minimum Gasteiger partial charge on any atom is -0.410 e. The molecule has 0 heterocycles. The lowest BCUT2D eigenvalue weighted by atomic mass is 9.96. The van der Waals surface area contributed by atoms with Crippen LogP contribution in [0.1, 0.15) is 0 Å². The number of hydrogen-bond donors (Lipinski definition) is 2. The van der Waals surface area contributed by atoms with E-state index in [1.807, 2.05) is 0 Å². The zero-order chi connectivity index (χ0) is 17.0. The molecule has 0 aliphatic heterocycles. The van der Waals surface area contributed by atoms with Gasteiger partial charge in [0.1, 0.15) is 5.36 Å². The van der Waals surface area contributed by atoms with Crippen molar-refractivity contribution in [3.05, 3.63) is 63.4 Å². The lowest BCUT2D eigenvalue weighted by Gasteiger charge is -2.11. The third-order valence-corrected chi connectivity index (χ3v) is 5.26. The van der Waals surface area contributed by atoms with E-state index in [2.05, 4.69) is 5.16 Å². The molecule has 9 heteroatoms. The number of nitrogens with zero attached hydrogens (tertiary/aromatic N) is 1. The Hall–Kier alpha value is -1.66. The van der Waals surface area contributed by atoms with Crippen LogP contribution in [0.3, 0.4) is 0 Å². The van der Waals surface area contributed by atoms with Crippen molar-refractivity contribution in [3.8, 4) is 11.1 Å². The van der Waals surface area contributed by atoms with Gasteiger partial charge >= 0.3 is 0 Å². The Morgan fingerprint density at radius 1 is 0.826 bits per heavy atom. The summed E-state index contributed by atoms with van der Waals surface area (Å²) in [6, 6.07) is 2.26. The highest BCUT2D eigenvalue weighted by Gasteiger charge is 2.24. The standard InChI is InChI=1S/C14H4Cl4N2O3/c15-9-7-8(10(16)12(18)11(9)17)14(22)4-2-6(20-23)5(19)1-3(4)13(7)21/h1-2,19,23H. The number of rotatable bonds is 0. The second-order valence-electron chi connectivity index (χ2n) is 4.68. The average Bonchev–Trinajstić information content (AvgIpc) is 2.53. The monoisotopic (exact) mass is 388 g/mol. The molecule has 3 rings (SSSR count). The smallest absolute Gasteiger partial charge is 0.196 e. The maximum atomic E-state index is 12.7. The Balaban J connectivity index is 2.81. The fraction of sp³-hybridized carbons (Fsp3) is 0. The van der Waals surface area contributed by atoms with Gasteiger partial charge in [-0.3, -0.25) is 15.0 Å². The molecular formula is C14H4Cl4N2O3.